The molecular formula is C19H18N8O3. The first-order valence-electron chi connectivity index (χ1n) is 8.89. The van der Waals surface area contributed by atoms with Gasteiger partial charge in [-0.25, -0.2) is 19.4 Å². The van der Waals surface area contributed by atoms with Gasteiger partial charge in [-0.2, -0.15) is 10.1 Å². The van der Waals surface area contributed by atoms with E-state index in [-0.39, 0.29) is 5.56 Å². The average molecular weight is 406 g/mol. The predicted molar refractivity (Wildman–Crippen MR) is 110 cm³/mol. The van der Waals surface area contributed by atoms with Gasteiger partial charge in [0.05, 0.1) is 29.4 Å². The van der Waals surface area contributed by atoms with Crippen molar-refractivity contribution in [1.82, 2.24) is 29.7 Å². The van der Waals surface area contributed by atoms with E-state index < -0.39 is 5.97 Å². The van der Waals surface area contributed by atoms with Crippen LogP contribution in [0.4, 0.5) is 23.1 Å². The number of nitrogens with zero attached hydrogens (tertiary/aromatic N) is 6. The number of carboxylic acid groups (broad SMARTS) is 1. The smallest absolute Gasteiger partial charge is 0.337 e. The van der Waals surface area contributed by atoms with Crippen LogP contribution in [0.3, 0.4) is 0 Å². The molecule has 0 amide bonds. The Hall–Kier alpha value is -4.28. The maximum absolute atomic E-state index is 11.2. The molecule has 0 saturated carbocycles. The molecule has 4 heterocycles. The fraction of sp³-hybridized carbons (Fsp3) is 0.158. The molecule has 0 fully saturated rings. The van der Waals surface area contributed by atoms with E-state index in [1.165, 1.54) is 19.4 Å². The van der Waals surface area contributed by atoms with E-state index in [0.717, 1.165) is 0 Å². The van der Waals surface area contributed by atoms with Gasteiger partial charge in [0.2, 0.25) is 11.8 Å². The molecular weight excluding hydrogens is 388 g/mol. The highest BCUT2D eigenvalue weighted by atomic mass is 16.5. The van der Waals surface area contributed by atoms with Gasteiger partial charge in [0, 0.05) is 25.6 Å². The summed E-state index contributed by atoms with van der Waals surface area (Å²) in [6.07, 6.45) is 4.57. The Balaban J connectivity index is 1.67. The van der Waals surface area contributed by atoms with Crippen molar-refractivity contribution < 1.29 is 14.6 Å². The van der Waals surface area contributed by atoms with Crippen LogP contribution in [0.15, 0.2) is 36.8 Å². The Kier molecular flexibility index (Phi) is 4.84. The second-order valence-electron chi connectivity index (χ2n) is 6.38. The summed E-state index contributed by atoms with van der Waals surface area (Å²) in [6, 6.07) is 5.09. The van der Waals surface area contributed by atoms with Crippen LogP contribution >= 0.6 is 0 Å². The van der Waals surface area contributed by atoms with Crippen LogP contribution in [0, 0.1) is 6.92 Å². The number of aromatic carboxylic acids is 1. The molecule has 4 aromatic heterocycles. The zero-order valence-electron chi connectivity index (χ0n) is 16.4. The Bertz CT molecular complexity index is 1250. The lowest BCUT2D eigenvalue weighted by atomic mass is 10.2. The van der Waals surface area contributed by atoms with Gasteiger partial charge in [-0.15, -0.1) is 0 Å². The number of carbonyl (C=O) groups is 1. The Labute approximate surface area is 170 Å². The van der Waals surface area contributed by atoms with Gasteiger partial charge in [0.25, 0.3) is 0 Å². The van der Waals surface area contributed by atoms with Crippen molar-refractivity contribution in [1.29, 1.82) is 0 Å². The normalized spacial score (nSPS) is 10.8. The molecule has 0 aliphatic rings. The highest BCUT2D eigenvalue weighted by molar-refractivity contribution is 5.92. The van der Waals surface area contributed by atoms with Crippen molar-refractivity contribution in [2.24, 2.45) is 7.05 Å². The lowest BCUT2D eigenvalue weighted by Crippen LogP contribution is -2.02. The van der Waals surface area contributed by atoms with E-state index in [1.54, 1.807) is 43.2 Å². The molecule has 3 N–H and O–H groups in total. The van der Waals surface area contributed by atoms with Crippen LogP contribution in [0.2, 0.25) is 0 Å². The Morgan fingerprint density at radius 1 is 1.17 bits per heavy atom. The minimum absolute atomic E-state index is 0.0801. The summed E-state index contributed by atoms with van der Waals surface area (Å²) in [5.41, 5.74) is 2.47. The Morgan fingerprint density at radius 2 is 2.00 bits per heavy atom. The van der Waals surface area contributed by atoms with Gasteiger partial charge < -0.3 is 20.5 Å². The number of fused-ring (bicyclic) bond motifs is 1. The molecule has 0 atom stereocenters. The van der Waals surface area contributed by atoms with Crippen molar-refractivity contribution >= 4 is 40.1 Å². The highest BCUT2D eigenvalue weighted by Gasteiger charge is 2.15. The second-order valence-corrected chi connectivity index (χ2v) is 6.38. The summed E-state index contributed by atoms with van der Waals surface area (Å²) < 4.78 is 6.84. The van der Waals surface area contributed by atoms with Crippen LogP contribution in [0.1, 0.15) is 16.1 Å². The number of rotatable bonds is 6. The maximum atomic E-state index is 11.2. The molecule has 0 aliphatic carbocycles. The van der Waals surface area contributed by atoms with E-state index in [0.29, 0.717) is 45.7 Å². The fourth-order valence-corrected chi connectivity index (χ4v) is 2.86. The molecule has 0 radical (unpaired) electrons. The van der Waals surface area contributed by atoms with Crippen LogP contribution < -0.4 is 15.4 Å². The zero-order chi connectivity index (χ0) is 21.3. The third kappa shape index (κ3) is 3.55. The minimum atomic E-state index is -1.05. The van der Waals surface area contributed by atoms with Crippen molar-refractivity contribution in [3.8, 4) is 5.88 Å². The molecule has 4 aromatic rings. The summed E-state index contributed by atoms with van der Waals surface area (Å²) in [5.74, 6) is 0.218. The van der Waals surface area contributed by atoms with Gasteiger partial charge in [-0.1, -0.05) is 0 Å². The standard InChI is InChI=1S/C19H18N8O3/c1-10-14(7-11(8-21-10)18(28)29)23-15-12-9-22-19(25-16(12)27(2)26-15)24-13-5-4-6-20-17(13)30-3/h4-9H,1-3H3,(H,23,26)(H,28,29)(H,22,24,25). The van der Waals surface area contributed by atoms with E-state index in [4.69, 9.17) is 4.74 Å². The van der Waals surface area contributed by atoms with Gasteiger partial charge in [-0.3, -0.25) is 4.98 Å². The molecule has 0 aromatic carbocycles. The van der Waals surface area contributed by atoms with E-state index in [9.17, 15) is 9.90 Å². The van der Waals surface area contributed by atoms with Crippen molar-refractivity contribution in [3.63, 3.8) is 0 Å². The largest absolute Gasteiger partial charge is 0.480 e. The molecule has 0 aliphatic heterocycles. The number of aromatic nitrogens is 6. The van der Waals surface area contributed by atoms with Crippen LogP contribution in [0.25, 0.3) is 11.0 Å². The number of methoxy groups -OCH3 is 1. The van der Waals surface area contributed by atoms with Gasteiger partial charge in [-0.05, 0) is 25.1 Å². The topological polar surface area (TPSA) is 140 Å². The lowest BCUT2D eigenvalue weighted by molar-refractivity contribution is 0.0696. The molecule has 4 rings (SSSR count). The van der Waals surface area contributed by atoms with Crippen molar-refractivity contribution in [3.05, 3.63) is 48.0 Å². The lowest BCUT2D eigenvalue weighted by Gasteiger charge is -2.09. The molecule has 30 heavy (non-hydrogen) atoms. The molecule has 0 unspecified atom stereocenters. The number of pyridine rings is 2. The molecule has 11 heteroatoms. The second kappa shape index (κ2) is 7.62. The van der Waals surface area contributed by atoms with Crippen LogP contribution in [-0.4, -0.2) is 47.9 Å². The first-order valence-corrected chi connectivity index (χ1v) is 8.89. The van der Waals surface area contributed by atoms with Crippen LogP contribution in [-0.2, 0) is 7.05 Å². The third-order valence-corrected chi connectivity index (χ3v) is 4.38. The maximum Gasteiger partial charge on any atom is 0.337 e. The van der Waals surface area contributed by atoms with Gasteiger partial charge >= 0.3 is 5.97 Å². The summed E-state index contributed by atoms with van der Waals surface area (Å²) in [7, 11) is 3.29. The number of nitrogens with one attached hydrogen (secondary N) is 2. The summed E-state index contributed by atoms with van der Waals surface area (Å²) in [4.78, 5) is 28.4. The number of ether oxygens (including phenoxy) is 1. The van der Waals surface area contributed by atoms with Gasteiger partial charge in [0.1, 0.15) is 5.69 Å². The molecule has 0 spiro atoms. The minimum Gasteiger partial charge on any atom is -0.480 e. The van der Waals surface area contributed by atoms with E-state index >= 15 is 0 Å². The number of hydrogen-bond donors (Lipinski definition) is 3. The fourth-order valence-electron chi connectivity index (χ4n) is 2.86. The summed E-state index contributed by atoms with van der Waals surface area (Å²) in [5, 5.41) is 20.5. The zero-order valence-corrected chi connectivity index (χ0v) is 16.4. The monoisotopic (exact) mass is 406 g/mol. The third-order valence-electron chi connectivity index (χ3n) is 4.38. The number of aryl methyl sites for hydroxylation is 2. The highest BCUT2D eigenvalue weighted by Crippen LogP contribution is 2.28. The van der Waals surface area contributed by atoms with E-state index in [2.05, 4.69) is 35.7 Å². The number of hydrogen-bond acceptors (Lipinski definition) is 9. The van der Waals surface area contributed by atoms with Crippen LogP contribution in [0.5, 0.6) is 5.88 Å². The first-order chi connectivity index (χ1) is 14.5. The average Bonchev–Trinajstić information content (AvgIpc) is 3.04. The SMILES string of the molecule is COc1ncccc1Nc1ncc2c(Nc3cc(C(=O)O)cnc3C)nn(C)c2n1. The van der Waals surface area contributed by atoms with Crippen molar-refractivity contribution in [2.45, 2.75) is 6.92 Å². The molecule has 0 saturated heterocycles. The van der Waals surface area contributed by atoms with E-state index in [1.807, 2.05) is 0 Å². The quantitative estimate of drug-likeness (QED) is 0.438. The molecule has 152 valence electrons. The molecule has 0 bridgehead atoms. The number of anilines is 4. The van der Waals surface area contributed by atoms with Gasteiger partial charge in [0.15, 0.2) is 11.5 Å². The molecule has 11 nitrogen and oxygen atoms in total. The predicted octanol–water partition coefficient (Wildman–Crippen LogP) is 2.66. The Morgan fingerprint density at radius 3 is 2.77 bits per heavy atom. The summed E-state index contributed by atoms with van der Waals surface area (Å²) in [6.45, 7) is 1.78. The van der Waals surface area contributed by atoms with Crippen molar-refractivity contribution in [2.75, 3.05) is 17.7 Å². The summed E-state index contributed by atoms with van der Waals surface area (Å²) >= 11 is 0. The number of carboxylic acids is 1. The first kappa shape index (κ1) is 19.1.